The molecule has 0 atom stereocenters. The highest BCUT2D eigenvalue weighted by Crippen LogP contribution is 2.32. The first-order valence-electron chi connectivity index (χ1n) is 9.74. The maximum Gasteiger partial charge on any atom is 0.414 e. The van der Waals surface area contributed by atoms with E-state index in [0.717, 1.165) is 23.2 Å². The van der Waals surface area contributed by atoms with Crippen LogP contribution in [0.2, 0.25) is 0 Å². The van der Waals surface area contributed by atoms with Crippen LogP contribution in [0.4, 0.5) is 20.8 Å². The Bertz CT molecular complexity index is 1090. The maximum absolute atomic E-state index is 13.1. The highest BCUT2D eigenvalue weighted by Gasteiger charge is 2.29. The first-order chi connectivity index (χ1) is 14.7. The Kier molecular flexibility index (Phi) is 4.66. The highest BCUT2D eigenvalue weighted by molar-refractivity contribution is 5.90. The zero-order chi connectivity index (χ0) is 20.5. The predicted molar refractivity (Wildman–Crippen MR) is 108 cm³/mol. The molecule has 0 bridgehead atoms. The molecule has 0 spiro atoms. The Balaban J connectivity index is 1.36. The van der Waals surface area contributed by atoms with Crippen molar-refractivity contribution in [2.45, 2.75) is 13.0 Å². The fourth-order valence-corrected chi connectivity index (χ4v) is 3.79. The second kappa shape index (κ2) is 7.62. The average Bonchev–Trinajstić information content (AvgIpc) is 3.20. The van der Waals surface area contributed by atoms with E-state index in [2.05, 4.69) is 20.9 Å². The first-order valence-corrected chi connectivity index (χ1v) is 9.74. The molecule has 0 aliphatic carbocycles. The van der Waals surface area contributed by atoms with Gasteiger partial charge in [0.2, 0.25) is 11.8 Å². The molecule has 0 unspecified atom stereocenters. The Morgan fingerprint density at radius 2 is 1.93 bits per heavy atom. The fraction of sp³-hybridized carbons (Fsp3) is 0.227. The van der Waals surface area contributed by atoms with Crippen LogP contribution in [0, 0.1) is 5.82 Å². The lowest BCUT2D eigenvalue weighted by Crippen LogP contribution is -2.34. The van der Waals surface area contributed by atoms with Crippen molar-refractivity contribution in [1.29, 1.82) is 0 Å². The van der Waals surface area contributed by atoms with Crippen molar-refractivity contribution >= 4 is 17.7 Å². The molecule has 5 rings (SSSR count). The van der Waals surface area contributed by atoms with E-state index in [1.165, 1.54) is 12.1 Å². The lowest BCUT2D eigenvalue weighted by molar-refractivity contribution is 0.181. The van der Waals surface area contributed by atoms with Crippen LogP contribution in [0.25, 0.3) is 0 Å². The second-order valence-electron chi connectivity index (χ2n) is 7.10. The lowest BCUT2D eigenvalue weighted by atomic mass is 9.97. The minimum absolute atomic E-state index is 0.292. The van der Waals surface area contributed by atoms with Crippen molar-refractivity contribution in [1.82, 2.24) is 9.97 Å². The van der Waals surface area contributed by atoms with Gasteiger partial charge in [0.1, 0.15) is 18.2 Å². The van der Waals surface area contributed by atoms with Crippen molar-refractivity contribution in [2.75, 3.05) is 29.5 Å². The fourth-order valence-electron chi connectivity index (χ4n) is 3.79. The second-order valence-corrected chi connectivity index (χ2v) is 7.10. The Hall–Kier alpha value is -3.68. The lowest BCUT2D eigenvalue weighted by Gasteiger charge is -2.31. The number of nitrogens with zero attached hydrogens (tertiary/aromatic N) is 4. The van der Waals surface area contributed by atoms with Gasteiger partial charge in [0.25, 0.3) is 0 Å². The molecule has 1 aromatic heterocycles. The molecule has 8 heteroatoms. The van der Waals surface area contributed by atoms with Crippen LogP contribution in [0.5, 0.6) is 11.6 Å². The monoisotopic (exact) mass is 406 g/mol. The molecule has 2 aromatic carbocycles. The Labute approximate surface area is 172 Å². The summed E-state index contributed by atoms with van der Waals surface area (Å²) in [5, 5.41) is 0. The number of carbonyl (C=O) groups excluding carboxylic acids is 1. The van der Waals surface area contributed by atoms with Gasteiger partial charge in [-0.15, -0.1) is 0 Å². The van der Waals surface area contributed by atoms with Gasteiger partial charge in [-0.25, -0.2) is 14.2 Å². The van der Waals surface area contributed by atoms with Gasteiger partial charge < -0.3 is 14.4 Å². The molecule has 0 saturated carbocycles. The van der Waals surface area contributed by atoms with E-state index in [0.29, 0.717) is 43.8 Å². The number of fused-ring (bicyclic) bond motifs is 1. The molecular formula is C22H19FN4O3. The number of aromatic nitrogens is 2. The zero-order valence-electron chi connectivity index (χ0n) is 16.1. The van der Waals surface area contributed by atoms with Crippen molar-refractivity contribution in [2.24, 2.45) is 0 Å². The topological polar surface area (TPSA) is 67.8 Å². The molecule has 152 valence electrons. The molecule has 3 heterocycles. The predicted octanol–water partition coefficient (Wildman–Crippen LogP) is 3.93. The van der Waals surface area contributed by atoms with E-state index in [1.807, 2.05) is 12.1 Å². The van der Waals surface area contributed by atoms with Gasteiger partial charge >= 0.3 is 6.09 Å². The van der Waals surface area contributed by atoms with Crippen molar-refractivity contribution < 1.29 is 18.7 Å². The summed E-state index contributed by atoms with van der Waals surface area (Å²) in [6.07, 6.45) is 2.12. The molecule has 0 radical (unpaired) electrons. The summed E-state index contributed by atoms with van der Waals surface area (Å²) in [6, 6.07) is 13.4. The van der Waals surface area contributed by atoms with Crippen molar-refractivity contribution in [3.05, 3.63) is 71.7 Å². The van der Waals surface area contributed by atoms with Gasteiger partial charge in [-0.1, -0.05) is 12.1 Å². The molecule has 2 aliphatic rings. The average molecular weight is 406 g/mol. The van der Waals surface area contributed by atoms with Crippen LogP contribution in [-0.2, 0) is 17.7 Å². The summed E-state index contributed by atoms with van der Waals surface area (Å²) in [5.41, 5.74) is 3.21. The van der Waals surface area contributed by atoms with Crippen LogP contribution in [0.15, 0.2) is 54.7 Å². The quantitative estimate of drug-likeness (QED) is 0.654. The normalized spacial score (nSPS) is 15.7. The van der Waals surface area contributed by atoms with E-state index in [4.69, 9.17) is 9.47 Å². The van der Waals surface area contributed by atoms with Crippen LogP contribution in [0.3, 0.4) is 0 Å². The van der Waals surface area contributed by atoms with Gasteiger partial charge in [0.15, 0.2) is 0 Å². The van der Waals surface area contributed by atoms with Crippen LogP contribution in [0.1, 0.15) is 11.1 Å². The molecule has 1 fully saturated rings. The SMILES string of the molecule is O=C1OCCN1c1cccc2c1CCN(c1nccc(Oc3ccc(F)cc3)n1)C2. The Morgan fingerprint density at radius 1 is 1.07 bits per heavy atom. The molecule has 30 heavy (non-hydrogen) atoms. The number of hydrogen-bond acceptors (Lipinski definition) is 6. The van der Waals surface area contributed by atoms with Crippen LogP contribution >= 0.6 is 0 Å². The number of anilines is 2. The van der Waals surface area contributed by atoms with Crippen LogP contribution in [-0.4, -0.2) is 35.8 Å². The standard InChI is InChI=1S/C22H19FN4O3/c23-16-4-6-17(7-5-16)30-20-8-10-24-21(25-20)26-11-9-18-15(14-26)2-1-3-19(18)27-12-13-29-22(27)28/h1-8,10H,9,11-14H2. The number of cyclic esters (lactones) is 1. The number of ether oxygens (including phenoxy) is 2. The molecule has 3 aromatic rings. The Morgan fingerprint density at radius 3 is 2.73 bits per heavy atom. The summed E-state index contributed by atoms with van der Waals surface area (Å²) in [6.45, 7) is 2.34. The van der Waals surface area contributed by atoms with Gasteiger partial charge in [-0.05, 0) is 47.9 Å². The summed E-state index contributed by atoms with van der Waals surface area (Å²) >= 11 is 0. The largest absolute Gasteiger partial charge is 0.447 e. The van der Waals surface area contributed by atoms with Gasteiger partial charge in [-0.2, -0.15) is 4.98 Å². The summed E-state index contributed by atoms with van der Waals surface area (Å²) in [4.78, 5) is 24.7. The highest BCUT2D eigenvalue weighted by atomic mass is 19.1. The number of amides is 1. The third-order valence-electron chi connectivity index (χ3n) is 5.23. The van der Waals surface area contributed by atoms with E-state index >= 15 is 0 Å². The molecule has 1 saturated heterocycles. The van der Waals surface area contributed by atoms with Crippen molar-refractivity contribution in [3.8, 4) is 11.6 Å². The van der Waals surface area contributed by atoms with Gasteiger partial charge in [-0.3, -0.25) is 4.90 Å². The third kappa shape index (κ3) is 3.52. The molecular weight excluding hydrogens is 387 g/mol. The first kappa shape index (κ1) is 18.4. The number of benzene rings is 2. The number of rotatable bonds is 4. The summed E-state index contributed by atoms with van der Waals surface area (Å²) in [7, 11) is 0. The van der Waals surface area contributed by atoms with Gasteiger partial charge in [0, 0.05) is 25.4 Å². The number of hydrogen-bond donors (Lipinski definition) is 0. The molecule has 7 nitrogen and oxygen atoms in total. The van der Waals surface area contributed by atoms with E-state index in [1.54, 1.807) is 29.3 Å². The molecule has 2 aliphatic heterocycles. The third-order valence-corrected chi connectivity index (χ3v) is 5.23. The minimum Gasteiger partial charge on any atom is -0.447 e. The number of carbonyl (C=O) groups is 1. The van der Waals surface area contributed by atoms with Gasteiger partial charge in [0.05, 0.1) is 12.2 Å². The maximum atomic E-state index is 13.1. The molecule has 0 N–H and O–H groups in total. The summed E-state index contributed by atoms with van der Waals surface area (Å²) < 4.78 is 23.9. The van der Waals surface area contributed by atoms with Crippen LogP contribution < -0.4 is 14.5 Å². The van der Waals surface area contributed by atoms with E-state index in [9.17, 15) is 9.18 Å². The zero-order valence-corrected chi connectivity index (χ0v) is 16.1. The number of halogens is 1. The smallest absolute Gasteiger partial charge is 0.414 e. The molecule has 1 amide bonds. The van der Waals surface area contributed by atoms with E-state index in [-0.39, 0.29) is 11.9 Å². The summed E-state index contributed by atoms with van der Waals surface area (Å²) in [5.74, 6) is 1.14. The van der Waals surface area contributed by atoms with E-state index < -0.39 is 0 Å². The minimum atomic E-state index is -0.320. The van der Waals surface area contributed by atoms with Crippen molar-refractivity contribution in [3.63, 3.8) is 0 Å².